The van der Waals surface area contributed by atoms with Crippen LogP contribution in [0.1, 0.15) is 18.5 Å². The third-order valence-electron chi connectivity index (χ3n) is 5.60. The van der Waals surface area contributed by atoms with E-state index in [0.29, 0.717) is 28.5 Å². The van der Waals surface area contributed by atoms with Gasteiger partial charge in [0.05, 0.1) is 27.6 Å². The average molecular weight is 443 g/mol. The molecule has 1 aliphatic heterocycles. The summed E-state index contributed by atoms with van der Waals surface area (Å²) < 4.78 is 15.2. The Bertz CT molecular complexity index is 1430. The summed E-state index contributed by atoms with van der Waals surface area (Å²) in [7, 11) is 0. The Hall–Kier alpha value is -4.53. The summed E-state index contributed by atoms with van der Waals surface area (Å²) in [6, 6.07) is 18.6. The number of halogens is 1. The predicted octanol–water partition coefficient (Wildman–Crippen LogP) is 5.01. The maximum Gasteiger partial charge on any atom is 0.269 e. The number of aromatic nitrogens is 2. The zero-order chi connectivity index (χ0) is 23.1. The van der Waals surface area contributed by atoms with Gasteiger partial charge in [-0.3, -0.25) is 19.5 Å². The summed E-state index contributed by atoms with van der Waals surface area (Å²) in [4.78, 5) is 28.8. The number of non-ortho nitro benzene ring substituents is 1. The molecule has 0 aliphatic carbocycles. The second-order valence-electron chi connectivity index (χ2n) is 7.67. The number of imidazole rings is 1. The van der Waals surface area contributed by atoms with E-state index >= 15 is 0 Å². The molecule has 1 unspecified atom stereocenters. The highest BCUT2D eigenvalue weighted by Gasteiger charge is 2.34. The van der Waals surface area contributed by atoms with Crippen LogP contribution in [0, 0.1) is 15.9 Å². The second kappa shape index (κ2) is 7.86. The summed E-state index contributed by atoms with van der Waals surface area (Å²) >= 11 is 0. The fourth-order valence-corrected chi connectivity index (χ4v) is 4.08. The first-order valence-electron chi connectivity index (χ1n) is 10.2. The summed E-state index contributed by atoms with van der Waals surface area (Å²) in [5.41, 5.74) is 3.68. The molecule has 0 saturated carbocycles. The van der Waals surface area contributed by atoms with Crippen LogP contribution in [0.25, 0.3) is 11.0 Å². The quantitative estimate of drug-likeness (QED) is 0.341. The highest BCUT2D eigenvalue weighted by molar-refractivity contribution is 6.06. The molecule has 9 heteroatoms. The number of amides is 1. The third kappa shape index (κ3) is 3.59. The molecule has 1 aromatic heterocycles. The van der Waals surface area contributed by atoms with Crippen LogP contribution >= 0.6 is 0 Å². The number of benzene rings is 3. The summed E-state index contributed by atoms with van der Waals surface area (Å²) in [6.07, 6.45) is 0. The van der Waals surface area contributed by atoms with Crippen LogP contribution in [0.15, 0.2) is 84.1 Å². The van der Waals surface area contributed by atoms with Gasteiger partial charge in [0.2, 0.25) is 5.95 Å². The Kier molecular flexibility index (Phi) is 4.86. The summed E-state index contributed by atoms with van der Waals surface area (Å²) in [5, 5.41) is 17.2. The molecule has 0 fully saturated rings. The Morgan fingerprint density at radius 3 is 2.48 bits per heavy atom. The van der Waals surface area contributed by atoms with Gasteiger partial charge in [0, 0.05) is 23.5 Å². The number of nitro groups is 1. The number of anilines is 2. The van der Waals surface area contributed by atoms with Gasteiger partial charge in [-0.1, -0.05) is 12.1 Å². The topological polar surface area (TPSA) is 102 Å². The molecule has 1 atom stereocenters. The van der Waals surface area contributed by atoms with Crippen molar-refractivity contribution in [2.45, 2.75) is 13.0 Å². The fraction of sp³-hybridized carbons (Fsp3) is 0.0833. The van der Waals surface area contributed by atoms with Crippen LogP contribution in [-0.4, -0.2) is 20.4 Å². The van der Waals surface area contributed by atoms with Crippen molar-refractivity contribution in [2.24, 2.45) is 0 Å². The highest BCUT2D eigenvalue weighted by Crippen LogP contribution is 2.39. The molecule has 33 heavy (non-hydrogen) atoms. The maximum atomic E-state index is 13.4. The number of nitro benzene ring substituents is 1. The number of allylic oxidation sites excluding steroid dienone is 1. The minimum Gasteiger partial charge on any atom is -0.329 e. The van der Waals surface area contributed by atoms with Gasteiger partial charge < -0.3 is 10.6 Å². The molecule has 4 aromatic rings. The van der Waals surface area contributed by atoms with Crippen LogP contribution in [0.3, 0.4) is 0 Å². The van der Waals surface area contributed by atoms with Gasteiger partial charge >= 0.3 is 0 Å². The van der Waals surface area contributed by atoms with E-state index in [0.717, 1.165) is 11.0 Å². The summed E-state index contributed by atoms with van der Waals surface area (Å²) in [6.45, 7) is 1.78. The molecule has 1 aliphatic rings. The van der Waals surface area contributed by atoms with E-state index in [4.69, 9.17) is 0 Å². The molecule has 3 aromatic carbocycles. The SMILES string of the molecule is CC1=C(C(=O)Nc2ccc(F)cc2)C(c2ccc([N+](=O)[O-])cc2)n2c(nc3ccccc32)N1. The smallest absolute Gasteiger partial charge is 0.269 e. The van der Waals surface area contributed by atoms with Crippen molar-refractivity contribution in [3.05, 3.63) is 106 Å². The van der Waals surface area contributed by atoms with Crippen molar-refractivity contribution in [3.8, 4) is 0 Å². The lowest BCUT2D eigenvalue weighted by molar-refractivity contribution is -0.384. The van der Waals surface area contributed by atoms with Gasteiger partial charge in [0.25, 0.3) is 11.6 Å². The number of carbonyl (C=O) groups is 1. The van der Waals surface area contributed by atoms with E-state index in [9.17, 15) is 19.3 Å². The van der Waals surface area contributed by atoms with Crippen LogP contribution in [0.5, 0.6) is 0 Å². The monoisotopic (exact) mass is 443 g/mol. The molecule has 2 heterocycles. The normalized spacial score (nSPS) is 15.2. The average Bonchev–Trinajstić information content (AvgIpc) is 3.17. The number of nitrogens with one attached hydrogen (secondary N) is 2. The number of hydrogen-bond donors (Lipinski definition) is 2. The maximum absolute atomic E-state index is 13.4. The van der Waals surface area contributed by atoms with Crippen molar-refractivity contribution >= 4 is 34.3 Å². The highest BCUT2D eigenvalue weighted by atomic mass is 19.1. The van der Waals surface area contributed by atoms with Gasteiger partial charge in [-0.25, -0.2) is 9.37 Å². The van der Waals surface area contributed by atoms with E-state index in [1.807, 2.05) is 28.8 Å². The fourth-order valence-electron chi connectivity index (χ4n) is 4.08. The lowest BCUT2D eigenvalue weighted by Gasteiger charge is -2.30. The van der Waals surface area contributed by atoms with Crippen molar-refractivity contribution < 1.29 is 14.1 Å². The standard InChI is InChI=1S/C24H18FN5O3/c1-14-21(23(31)27-17-10-8-16(25)9-11-17)22(15-6-12-18(13-7-15)30(32)33)29-20-5-3-2-4-19(20)28-24(29)26-14/h2-13,22H,1H3,(H,26,28)(H,27,31). The lowest BCUT2D eigenvalue weighted by Crippen LogP contribution is -2.30. The first-order chi connectivity index (χ1) is 15.9. The van der Waals surface area contributed by atoms with Gasteiger partial charge in [0.15, 0.2) is 0 Å². The Balaban J connectivity index is 1.65. The van der Waals surface area contributed by atoms with Gasteiger partial charge in [-0.2, -0.15) is 0 Å². The Labute approximate surface area is 187 Å². The van der Waals surface area contributed by atoms with E-state index in [-0.39, 0.29) is 11.6 Å². The molecule has 2 N–H and O–H groups in total. The first kappa shape index (κ1) is 20.4. The largest absolute Gasteiger partial charge is 0.329 e. The van der Waals surface area contributed by atoms with E-state index in [1.54, 1.807) is 19.1 Å². The van der Waals surface area contributed by atoms with Gasteiger partial charge in [0.1, 0.15) is 5.82 Å². The molecule has 0 bridgehead atoms. The molecule has 8 nitrogen and oxygen atoms in total. The first-order valence-corrected chi connectivity index (χ1v) is 10.2. The number of nitrogens with zero attached hydrogens (tertiary/aromatic N) is 3. The molecule has 0 radical (unpaired) electrons. The molecule has 0 saturated heterocycles. The minimum absolute atomic E-state index is 0.0404. The van der Waals surface area contributed by atoms with Crippen molar-refractivity contribution in [2.75, 3.05) is 10.6 Å². The predicted molar refractivity (Wildman–Crippen MR) is 122 cm³/mol. The Morgan fingerprint density at radius 2 is 1.79 bits per heavy atom. The van der Waals surface area contributed by atoms with Gasteiger partial charge in [-0.05, 0) is 61.0 Å². The van der Waals surface area contributed by atoms with Crippen LogP contribution in [-0.2, 0) is 4.79 Å². The van der Waals surface area contributed by atoms with Crippen LogP contribution in [0.2, 0.25) is 0 Å². The second-order valence-corrected chi connectivity index (χ2v) is 7.67. The van der Waals surface area contributed by atoms with Crippen LogP contribution < -0.4 is 10.6 Å². The van der Waals surface area contributed by atoms with E-state index in [1.165, 1.54) is 36.4 Å². The van der Waals surface area contributed by atoms with Crippen LogP contribution in [0.4, 0.5) is 21.7 Å². The molecule has 5 rings (SSSR count). The number of carbonyl (C=O) groups excluding carboxylic acids is 1. The Morgan fingerprint density at radius 1 is 1.09 bits per heavy atom. The number of rotatable bonds is 4. The zero-order valence-corrected chi connectivity index (χ0v) is 17.4. The zero-order valence-electron chi connectivity index (χ0n) is 17.4. The minimum atomic E-state index is -0.588. The number of para-hydroxylation sites is 2. The molecule has 1 amide bonds. The van der Waals surface area contributed by atoms with Crippen molar-refractivity contribution in [3.63, 3.8) is 0 Å². The molecule has 164 valence electrons. The molecular weight excluding hydrogens is 425 g/mol. The van der Waals surface area contributed by atoms with Crippen molar-refractivity contribution in [1.29, 1.82) is 0 Å². The third-order valence-corrected chi connectivity index (χ3v) is 5.60. The number of hydrogen-bond acceptors (Lipinski definition) is 5. The van der Waals surface area contributed by atoms with Crippen molar-refractivity contribution in [1.82, 2.24) is 9.55 Å². The lowest BCUT2D eigenvalue weighted by atomic mass is 9.94. The van der Waals surface area contributed by atoms with E-state index in [2.05, 4.69) is 15.6 Å². The number of fused-ring (bicyclic) bond motifs is 3. The summed E-state index contributed by atoms with van der Waals surface area (Å²) in [5.74, 6) is -0.213. The van der Waals surface area contributed by atoms with E-state index < -0.39 is 16.8 Å². The van der Waals surface area contributed by atoms with Gasteiger partial charge in [-0.15, -0.1) is 0 Å². The molecule has 0 spiro atoms. The molecular formula is C24H18FN5O3.